The maximum atomic E-state index is 12.5. The Hall–Kier alpha value is -3.44. The molecule has 3 aliphatic rings. The first-order chi connectivity index (χ1) is 20.1. The number of hydrogen-bond donors (Lipinski definition) is 1. The smallest absolute Gasteiger partial charge is 0.224 e. The summed E-state index contributed by atoms with van der Waals surface area (Å²) in [7, 11) is 0. The summed E-state index contributed by atoms with van der Waals surface area (Å²) >= 11 is 1.92. The average Bonchev–Trinajstić information content (AvgIpc) is 3.38. The van der Waals surface area contributed by atoms with E-state index in [0.717, 1.165) is 51.3 Å². The zero-order chi connectivity index (χ0) is 30.9. The van der Waals surface area contributed by atoms with Crippen LogP contribution in [0.4, 0.5) is 5.69 Å². The van der Waals surface area contributed by atoms with Crippen molar-refractivity contribution in [1.82, 2.24) is 4.73 Å². The van der Waals surface area contributed by atoms with E-state index in [0.29, 0.717) is 5.25 Å². The van der Waals surface area contributed by atoms with E-state index in [2.05, 4.69) is 110 Å². The van der Waals surface area contributed by atoms with E-state index >= 15 is 0 Å². The molecule has 0 saturated carbocycles. The van der Waals surface area contributed by atoms with Crippen molar-refractivity contribution in [3.05, 3.63) is 107 Å². The van der Waals surface area contributed by atoms with Gasteiger partial charge in [-0.25, -0.2) is 0 Å². The third-order valence-corrected chi connectivity index (χ3v) is 11.0. The van der Waals surface area contributed by atoms with Gasteiger partial charge in [0.25, 0.3) is 0 Å². The number of fused-ring (bicyclic) bond motifs is 6. The van der Waals surface area contributed by atoms with Crippen molar-refractivity contribution in [3.8, 4) is 0 Å². The van der Waals surface area contributed by atoms with E-state index < -0.39 is 0 Å². The van der Waals surface area contributed by atoms with Crippen molar-refractivity contribution in [3.63, 3.8) is 0 Å². The third-order valence-electron chi connectivity index (χ3n) is 9.34. The van der Waals surface area contributed by atoms with Gasteiger partial charge in [-0.1, -0.05) is 104 Å². The van der Waals surface area contributed by atoms with E-state index in [9.17, 15) is 10.4 Å². The summed E-state index contributed by atoms with van der Waals surface area (Å²) in [6.45, 7) is 18.1. The van der Waals surface area contributed by atoms with Crippen molar-refractivity contribution in [2.24, 2.45) is 16.2 Å². The molecule has 44 heavy (non-hydrogen) atoms. The largest absolute Gasteiger partial charge is 0.618 e. The number of hydrogen-bond acceptors (Lipinski definition) is 3. The van der Waals surface area contributed by atoms with Gasteiger partial charge in [-0.15, -0.1) is 11.8 Å². The molecule has 0 unspecified atom stereocenters. The number of aromatic nitrogens is 1. The minimum Gasteiger partial charge on any atom is -0.618 e. The van der Waals surface area contributed by atoms with Crippen LogP contribution in [0.1, 0.15) is 97.7 Å². The minimum atomic E-state index is -0.0750. The van der Waals surface area contributed by atoms with Gasteiger partial charge in [0.15, 0.2) is 0 Å². The van der Waals surface area contributed by atoms with Crippen molar-refractivity contribution in [1.29, 1.82) is 0 Å². The second-order valence-corrected chi connectivity index (χ2v) is 16.4. The Bertz CT molecular complexity index is 1770. The number of nitrogens with zero attached hydrogens (tertiary/aromatic N) is 2. The molecule has 0 fully saturated rings. The van der Waals surface area contributed by atoms with Gasteiger partial charge in [0.2, 0.25) is 11.4 Å². The molecule has 3 aromatic carbocycles. The lowest BCUT2D eigenvalue weighted by molar-refractivity contribution is -0.361. The minimum absolute atomic E-state index is 0. The number of benzene rings is 3. The van der Waals surface area contributed by atoms with Crippen molar-refractivity contribution >= 4 is 39.6 Å². The zero-order valence-corrected chi connectivity index (χ0v) is 27.5. The van der Waals surface area contributed by atoms with E-state index in [4.69, 9.17) is 0 Å². The first kappa shape index (κ1) is 32.0. The van der Waals surface area contributed by atoms with Crippen molar-refractivity contribution in [2.75, 3.05) is 0 Å². The van der Waals surface area contributed by atoms with Crippen LogP contribution < -0.4 is 0 Å². The van der Waals surface area contributed by atoms with E-state index in [-0.39, 0.29) is 29.1 Å². The molecule has 0 spiro atoms. The highest BCUT2D eigenvalue weighted by atomic mass is 32.2. The van der Waals surface area contributed by atoms with Gasteiger partial charge in [0.05, 0.1) is 27.8 Å². The molecule has 4 aromatic rings. The summed E-state index contributed by atoms with van der Waals surface area (Å²) in [5, 5.41) is 24.9. The maximum absolute atomic E-state index is 12.5. The maximum Gasteiger partial charge on any atom is 0.224 e. The molecule has 0 radical (unpaired) electrons. The predicted octanol–water partition coefficient (Wildman–Crippen LogP) is 11.2. The lowest BCUT2D eigenvalue weighted by atomic mass is 9.64. The second-order valence-electron chi connectivity index (χ2n) is 15.2. The molecule has 0 bridgehead atoms. The van der Waals surface area contributed by atoms with Crippen LogP contribution in [0.5, 0.6) is 0 Å². The van der Waals surface area contributed by atoms with Crippen LogP contribution in [0.15, 0.2) is 89.8 Å². The lowest BCUT2D eigenvalue weighted by Gasteiger charge is -2.46. The fraction of sp³-hybridized carbons (Fsp3) is 0.410. The number of para-hydroxylation sites is 2. The predicted molar refractivity (Wildman–Crippen MR) is 187 cm³/mol. The number of thioether (sulfide) groups is 1. The zero-order valence-electron chi connectivity index (χ0n) is 26.7. The molecule has 0 saturated heterocycles. The molecule has 0 amide bonds. The number of rotatable bonds is 2. The van der Waals surface area contributed by atoms with E-state index in [1.54, 1.807) is 0 Å². The molecular formula is C39H48N2O2S. The standard InChI is InChI=1S/C22H25NOS.C16H19NO.CH4/c1-21(2)14-22(3,4)20(25-15-10-6-5-7-11-15)18-16-12-8-9-13-17(16)23(24)19(18)21;1-15(2)9-12-11-7-5-6-8-13(11)17(18)14(12)16(3,4)10-15;/h5-13,20,24H,14H2,1-4H3;5-9H,10H2,1-4H3;1H4/t20-;;/m1../s1. The SMILES string of the molecule is C.CC1(C)C=C2C(=[N+]([O-])c3ccccc32)C(C)(C)C1.CC1(C)CC(C)(C)[C@H](Sc2ccccc2)c2c1n(O)c1ccccc21. The fourth-order valence-electron chi connectivity index (χ4n) is 8.41. The Kier molecular flexibility index (Phi) is 7.90. The van der Waals surface area contributed by atoms with Gasteiger partial charge in [0, 0.05) is 27.0 Å². The van der Waals surface area contributed by atoms with Gasteiger partial charge < -0.3 is 10.4 Å². The van der Waals surface area contributed by atoms with E-state index in [1.165, 1.54) is 20.6 Å². The summed E-state index contributed by atoms with van der Waals surface area (Å²) in [6, 6.07) is 26.7. The van der Waals surface area contributed by atoms with Crippen LogP contribution in [-0.2, 0) is 5.41 Å². The van der Waals surface area contributed by atoms with Gasteiger partial charge in [-0.3, -0.25) is 0 Å². The highest BCUT2D eigenvalue weighted by Gasteiger charge is 2.49. The lowest BCUT2D eigenvalue weighted by Crippen LogP contribution is -2.38. The van der Waals surface area contributed by atoms with Crippen LogP contribution in [0, 0.1) is 21.5 Å². The van der Waals surface area contributed by atoms with Gasteiger partial charge in [-0.2, -0.15) is 9.47 Å². The normalized spacial score (nSPS) is 21.6. The van der Waals surface area contributed by atoms with Gasteiger partial charge in [-0.05, 0) is 67.3 Å². The summed E-state index contributed by atoms with van der Waals surface area (Å²) in [5.41, 5.74) is 7.36. The molecule has 2 aliphatic carbocycles. The quantitative estimate of drug-likeness (QED) is 0.140. The van der Waals surface area contributed by atoms with Crippen molar-refractivity contribution in [2.45, 2.75) is 91.2 Å². The van der Waals surface area contributed by atoms with Gasteiger partial charge >= 0.3 is 0 Å². The molecule has 7 rings (SSSR count). The topological polar surface area (TPSA) is 51.2 Å². The van der Waals surface area contributed by atoms with Crippen LogP contribution in [-0.4, -0.2) is 20.4 Å². The summed E-state index contributed by atoms with van der Waals surface area (Å²) in [6.07, 6.45) is 4.31. The van der Waals surface area contributed by atoms with Crippen LogP contribution in [0.2, 0.25) is 0 Å². The highest BCUT2D eigenvalue weighted by Crippen LogP contribution is 2.60. The molecule has 232 valence electrons. The second kappa shape index (κ2) is 10.9. The van der Waals surface area contributed by atoms with Crippen LogP contribution >= 0.6 is 11.8 Å². The Balaban J connectivity index is 0.000000179. The Labute approximate surface area is 268 Å². The summed E-state index contributed by atoms with van der Waals surface area (Å²) < 4.78 is 2.58. The van der Waals surface area contributed by atoms with Crippen molar-refractivity contribution < 1.29 is 9.95 Å². The molecular weight excluding hydrogens is 561 g/mol. The van der Waals surface area contributed by atoms with Crippen LogP contribution in [0.25, 0.3) is 16.5 Å². The first-order valence-corrected chi connectivity index (χ1v) is 16.2. The van der Waals surface area contributed by atoms with E-state index in [1.807, 2.05) is 42.1 Å². The molecule has 5 heteroatoms. The summed E-state index contributed by atoms with van der Waals surface area (Å²) in [5.74, 6) is 0. The molecule has 1 atom stereocenters. The molecule has 4 nitrogen and oxygen atoms in total. The average molecular weight is 609 g/mol. The Morgan fingerprint density at radius 2 is 1.41 bits per heavy atom. The third kappa shape index (κ3) is 5.27. The highest BCUT2D eigenvalue weighted by molar-refractivity contribution is 7.99. The monoisotopic (exact) mass is 608 g/mol. The molecule has 1 aliphatic heterocycles. The van der Waals surface area contributed by atoms with Gasteiger partial charge in [0.1, 0.15) is 0 Å². The Morgan fingerprint density at radius 3 is 2.11 bits per heavy atom. The molecule has 2 heterocycles. The molecule has 1 aromatic heterocycles. The molecule has 1 N–H and O–H groups in total. The Morgan fingerprint density at radius 1 is 0.795 bits per heavy atom. The fourth-order valence-corrected chi connectivity index (χ4v) is 9.76. The number of allylic oxidation sites excluding steroid dienone is 2. The van der Waals surface area contributed by atoms with Crippen LogP contribution in [0.3, 0.4) is 0 Å². The first-order valence-electron chi connectivity index (χ1n) is 15.4. The summed E-state index contributed by atoms with van der Waals surface area (Å²) in [4.78, 5) is 1.28.